The van der Waals surface area contributed by atoms with E-state index < -0.39 is 11.6 Å². The van der Waals surface area contributed by atoms with Crippen molar-refractivity contribution in [2.45, 2.75) is 39.3 Å². The van der Waals surface area contributed by atoms with Crippen LogP contribution >= 0.6 is 0 Å². The fraction of sp³-hybridized carbons (Fsp3) is 0.500. The molecule has 0 fully saturated rings. The molecule has 1 rings (SSSR count). The Hall–Kier alpha value is -1.55. The van der Waals surface area contributed by atoms with Crippen LogP contribution in [0, 0.1) is 6.92 Å². The van der Waals surface area contributed by atoms with E-state index in [1.807, 2.05) is 45.0 Å². The third-order valence-electron chi connectivity index (χ3n) is 2.39. The van der Waals surface area contributed by atoms with Gasteiger partial charge in [-0.05, 0) is 45.4 Å². The molecule has 3 N–H and O–H groups in total. The summed E-state index contributed by atoms with van der Waals surface area (Å²) in [4.78, 5) is 11.8. The van der Waals surface area contributed by atoms with Crippen LogP contribution in [0.15, 0.2) is 24.3 Å². The van der Waals surface area contributed by atoms with Crippen LogP contribution in [-0.2, 0) is 4.79 Å². The van der Waals surface area contributed by atoms with E-state index in [2.05, 4.69) is 5.32 Å². The molecule has 0 saturated carbocycles. The molecule has 1 aromatic rings. The number of nitrogens with two attached hydrogens (primary N) is 1. The Bertz CT molecular complexity index is 411. The zero-order chi connectivity index (χ0) is 13.8. The summed E-state index contributed by atoms with van der Waals surface area (Å²) < 4.78 is 5.57. The molecule has 4 heteroatoms. The molecule has 0 aliphatic rings. The second-order valence-corrected chi connectivity index (χ2v) is 5.28. The van der Waals surface area contributed by atoms with Crippen molar-refractivity contribution in [1.29, 1.82) is 0 Å². The van der Waals surface area contributed by atoms with Crippen LogP contribution in [0.3, 0.4) is 0 Å². The van der Waals surface area contributed by atoms with Gasteiger partial charge in [-0.15, -0.1) is 0 Å². The molecular formula is C14H22N2O2. The van der Waals surface area contributed by atoms with E-state index >= 15 is 0 Å². The third-order valence-corrected chi connectivity index (χ3v) is 2.39. The first kappa shape index (κ1) is 14.5. The Balaban J connectivity index is 2.50. The maximum atomic E-state index is 11.8. The van der Waals surface area contributed by atoms with Crippen molar-refractivity contribution in [2.75, 3.05) is 6.54 Å². The number of ether oxygens (including phenoxy) is 1. The van der Waals surface area contributed by atoms with Gasteiger partial charge in [-0.1, -0.05) is 12.1 Å². The van der Waals surface area contributed by atoms with E-state index in [9.17, 15) is 4.79 Å². The Morgan fingerprint density at radius 1 is 1.50 bits per heavy atom. The largest absolute Gasteiger partial charge is 0.481 e. The summed E-state index contributed by atoms with van der Waals surface area (Å²) in [5.74, 6) is 0.541. The summed E-state index contributed by atoms with van der Waals surface area (Å²) in [5, 5.41) is 2.77. The molecule has 1 amide bonds. The van der Waals surface area contributed by atoms with Crippen molar-refractivity contribution in [3.05, 3.63) is 29.8 Å². The third kappa shape index (κ3) is 5.19. The molecule has 1 aromatic carbocycles. The molecule has 1 atom stereocenters. The molecule has 0 bridgehead atoms. The fourth-order valence-corrected chi connectivity index (χ4v) is 1.40. The zero-order valence-electron chi connectivity index (χ0n) is 11.5. The van der Waals surface area contributed by atoms with E-state index in [1.54, 1.807) is 6.92 Å². The highest BCUT2D eigenvalue weighted by atomic mass is 16.5. The minimum atomic E-state index is -0.533. The molecule has 0 heterocycles. The van der Waals surface area contributed by atoms with Gasteiger partial charge in [0.15, 0.2) is 6.10 Å². The summed E-state index contributed by atoms with van der Waals surface area (Å²) in [6, 6.07) is 7.62. The second-order valence-electron chi connectivity index (χ2n) is 5.28. The lowest BCUT2D eigenvalue weighted by molar-refractivity contribution is -0.127. The maximum absolute atomic E-state index is 11.8. The smallest absolute Gasteiger partial charge is 0.260 e. The van der Waals surface area contributed by atoms with E-state index in [-0.39, 0.29) is 5.91 Å². The van der Waals surface area contributed by atoms with E-state index in [0.717, 1.165) is 5.56 Å². The van der Waals surface area contributed by atoms with Crippen molar-refractivity contribution in [3.63, 3.8) is 0 Å². The quantitative estimate of drug-likeness (QED) is 0.834. The summed E-state index contributed by atoms with van der Waals surface area (Å²) in [5.41, 5.74) is 6.48. The van der Waals surface area contributed by atoms with Gasteiger partial charge < -0.3 is 15.8 Å². The minimum absolute atomic E-state index is 0.157. The van der Waals surface area contributed by atoms with E-state index in [4.69, 9.17) is 10.5 Å². The van der Waals surface area contributed by atoms with Gasteiger partial charge in [0.1, 0.15) is 5.75 Å². The molecule has 4 nitrogen and oxygen atoms in total. The number of aryl methyl sites for hydroxylation is 1. The molecule has 0 radical (unpaired) electrons. The molecule has 0 saturated heterocycles. The van der Waals surface area contributed by atoms with Gasteiger partial charge in [0.25, 0.3) is 5.91 Å². The average Bonchev–Trinajstić information content (AvgIpc) is 2.24. The number of carbonyl (C=O) groups excluding carboxylic acids is 1. The van der Waals surface area contributed by atoms with Gasteiger partial charge in [0.2, 0.25) is 0 Å². The Morgan fingerprint density at radius 2 is 2.17 bits per heavy atom. The Morgan fingerprint density at radius 3 is 2.72 bits per heavy atom. The molecule has 0 spiro atoms. The van der Waals surface area contributed by atoms with Gasteiger partial charge in [0.05, 0.1) is 0 Å². The van der Waals surface area contributed by atoms with Gasteiger partial charge in [-0.3, -0.25) is 4.79 Å². The highest BCUT2D eigenvalue weighted by Crippen LogP contribution is 2.14. The van der Waals surface area contributed by atoms with Crippen LogP contribution in [0.1, 0.15) is 26.3 Å². The van der Waals surface area contributed by atoms with Crippen molar-refractivity contribution < 1.29 is 9.53 Å². The Labute approximate surface area is 109 Å². The molecule has 0 aliphatic carbocycles. The molecule has 0 aliphatic heterocycles. The topological polar surface area (TPSA) is 64.3 Å². The lowest BCUT2D eigenvalue weighted by Gasteiger charge is -2.21. The monoisotopic (exact) mass is 250 g/mol. The first-order chi connectivity index (χ1) is 8.28. The number of amides is 1. The number of hydrogen-bond acceptors (Lipinski definition) is 3. The SMILES string of the molecule is Cc1cccc(OC(C)C(=O)NCC(C)(C)N)c1. The summed E-state index contributed by atoms with van der Waals surface area (Å²) >= 11 is 0. The molecule has 0 aromatic heterocycles. The normalized spacial score (nSPS) is 12.9. The lowest BCUT2D eigenvalue weighted by atomic mass is 10.1. The number of rotatable bonds is 5. The van der Waals surface area contributed by atoms with Crippen molar-refractivity contribution >= 4 is 5.91 Å². The predicted octanol–water partition coefficient (Wildman–Crippen LogP) is 1.62. The highest BCUT2D eigenvalue weighted by molar-refractivity contribution is 5.80. The predicted molar refractivity (Wildman–Crippen MR) is 72.5 cm³/mol. The minimum Gasteiger partial charge on any atom is -0.481 e. The van der Waals surface area contributed by atoms with Gasteiger partial charge in [-0.25, -0.2) is 0 Å². The van der Waals surface area contributed by atoms with Gasteiger partial charge >= 0.3 is 0 Å². The van der Waals surface area contributed by atoms with Crippen molar-refractivity contribution in [3.8, 4) is 5.75 Å². The van der Waals surface area contributed by atoms with Crippen LogP contribution in [0.4, 0.5) is 0 Å². The number of benzene rings is 1. The first-order valence-electron chi connectivity index (χ1n) is 6.08. The molecule has 100 valence electrons. The van der Waals surface area contributed by atoms with Gasteiger partial charge in [-0.2, -0.15) is 0 Å². The lowest BCUT2D eigenvalue weighted by Crippen LogP contribution is -2.48. The second kappa shape index (κ2) is 5.87. The summed E-state index contributed by atoms with van der Waals surface area (Å²) in [6.07, 6.45) is -0.533. The molecule has 18 heavy (non-hydrogen) atoms. The Kier molecular flexibility index (Phi) is 4.73. The highest BCUT2D eigenvalue weighted by Gasteiger charge is 2.18. The van der Waals surface area contributed by atoms with Crippen LogP contribution in [0.25, 0.3) is 0 Å². The van der Waals surface area contributed by atoms with Crippen LogP contribution in [-0.4, -0.2) is 24.1 Å². The zero-order valence-corrected chi connectivity index (χ0v) is 11.5. The van der Waals surface area contributed by atoms with Crippen LogP contribution in [0.5, 0.6) is 5.75 Å². The standard InChI is InChI=1S/C14H22N2O2/c1-10-6-5-7-12(8-10)18-11(2)13(17)16-9-14(3,4)15/h5-8,11H,9,15H2,1-4H3,(H,16,17). The first-order valence-corrected chi connectivity index (χ1v) is 6.08. The average molecular weight is 250 g/mol. The van der Waals surface area contributed by atoms with Crippen LogP contribution < -0.4 is 15.8 Å². The van der Waals surface area contributed by atoms with E-state index in [1.165, 1.54) is 0 Å². The number of hydrogen-bond donors (Lipinski definition) is 2. The molecular weight excluding hydrogens is 228 g/mol. The molecule has 1 unspecified atom stereocenters. The number of nitrogens with one attached hydrogen (secondary N) is 1. The summed E-state index contributed by atoms with van der Waals surface area (Å²) in [6.45, 7) is 7.85. The van der Waals surface area contributed by atoms with Crippen molar-refractivity contribution in [1.82, 2.24) is 5.32 Å². The van der Waals surface area contributed by atoms with Gasteiger partial charge in [0, 0.05) is 12.1 Å². The maximum Gasteiger partial charge on any atom is 0.260 e. The van der Waals surface area contributed by atoms with Crippen molar-refractivity contribution in [2.24, 2.45) is 5.73 Å². The summed E-state index contributed by atoms with van der Waals surface area (Å²) in [7, 11) is 0. The fourth-order valence-electron chi connectivity index (χ4n) is 1.40. The number of carbonyl (C=O) groups is 1. The van der Waals surface area contributed by atoms with Crippen LogP contribution in [0.2, 0.25) is 0 Å². The van der Waals surface area contributed by atoms with E-state index in [0.29, 0.717) is 12.3 Å².